The number of nitrogens with one attached hydrogen (secondary N) is 1. The number of carboxylic acid groups (broad SMARTS) is 1. The van der Waals surface area contributed by atoms with Crippen LogP contribution in [0.1, 0.15) is 15.9 Å². The van der Waals surface area contributed by atoms with Gasteiger partial charge in [0.05, 0.1) is 16.9 Å². The van der Waals surface area contributed by atoms with Crippen LogP contribution >= 0.6 is 0 Å². The molecule has 0 aliphatic carbocycles. The van der Waals surface area contributed by atoms with Crippen LogP contribution in [0.4, 0.5) is 20.2 Å². The van der Waals surface area contributed by atoms with Crippen molar-refractivity contribution < 1.29 is 18.7 Å². The molecule has 0 amide bonds. The molecule has 0 aliphatic rings. The molecule has 0 aliphatic heterocycles. The Labute approximate surface area is 112 Å². The standard InChI is InChI=1S/C14H8F2N2O2/c15-10-4-2-6-12(9(10)7-17)18-13-8(14(19)20)3-1-5-11(13)16/h1-6,18H,(H,19,20). The Morgan fingerprint density at radius 1 is 1.15 bits per heavy atom. The van der Waals surface area contributed by atoms with E-state index >= 15 is 0 Å². The third-order valence-corrected chi connectivity index (χ3v) is 2.63. The highest BCUT2D eigenvalue weighted by Crippen LogP contribution is 2.27. The van der Waals surface area contributed by atoms with Crippen molar-refractivity contribution in [2.24, 2.45) is 0 Å². The van der Waals surface area contributed by atoms with Crippen LogP contribution in [0.5, 0.6) is 0 Å². The van der Waals surface area contributed by atoms with Gasteiger partial charge in [-0.2, -0.15) is 5.26 Å². The van der Waals surface area contributed by atoms with E-state index in [-0.39, 0.29) is 22.5 Å². The van der Waals surface area contributed by atoms with Crippen molar-refractivity contribution in [1.82, 2.24) is 0 Å². The third kappa shape index (κ3) is 2.42. The minimum Gasteiger partial charge on any atom is -0.478 e. The number of hydrogen-bond donors (Lipinski definition) is 2. The maximum absolute atomic E-state index is 13.7. The number of para-hydroxylation sites is 1. The predicted octanol–water partition coefficient (Wildman–Crippen LogP) is 3.28. The quantitative estimate of drug-likeness (QED) is 0.900. The molecule has 0 bridgehead atoms. The monoisotopic (exact) mass is 274 g/mol. The summed E-state index contributed by atoms with van der Waals surface area (Å²) in [5, 5.41) is 20.4. The summed E-state index contributed by atoms with van der Waals surface area (Å²) in [6.45, 7) is 0. The molecule has 0 fully saturated rings. The fraction of sp³-hybridized carbons (Fsp3) is 0. The average molecular weight is 274 g/mol. The number of rotatable bonds is 3. The highest BCUT2D eigenvalue weighted by molar-refractivity contribution is 5.95. The molecule has 20 heavy (non-hydrogen) atoms. The SMILES string of the molecule is N#Cc1c(F)cccc1Nc1c(F)cccc1C(=O)O. The van der Waals surface area contributed by atoms with Crippen molar-refractivity contribution in [2.45, 2.75) is 0 Å². The molecule has 2 aromatic carbocycles. The van der Waals surface area contributed by atoms with E-state index in [1.807, 2.05) is 0 Å². The Hall–Kier alpha value is -2.94. The molecule has 0 saturated heterocycles. The van der Waals surface area contributed by atoms with E-state index < -0.39 is 17.6 Å². The van der Waals surface area contributed by atoms with E-state index in [1.165, 1.54) is 24.3 Å². The minimum absolute atomic E-state index is 0.0000926. The average Bonchev–Trinajstić information content (AvgIpc) is 2.41. The van der Waals surface area contributed by atoms with Gasteiger partial charge in [0.25, 0.3) is 0 Å². The van der Waals surface area contributed by atoms with Gasteiger partial charge in [0, 0.05) is 0 Å². The molecule has 0 saturated carbocycles. The van der Waals surface area contributed by atoms with Crippen LogP contribution in [0.3, 0.4) is 0 Å². The second-order valence-corrected chi connectivity index (χ2v) is 3.87. The number of aromatic carboxylic acids is 1. The summed E-state index contributed by atoms with van der Waals surface area (Å²) >= 11 is 0. The first kappa shape index (κ1) is 13.5. The molecule has 0 atom stereocenters. The molecule has 0 spiro atoms. The van der Waals surface area contributed by atoms with E-state index in [0.717, 1.165) is 12.1 Å². The number of benzene rings is 2. The molecule has 4 nitrogen and oxygen atoms in total. The number of nitrogens with zero attached hydrogens (tertiary/aromatic N) is 1. The summed E-state index contributed by atoms with van der Waals surface area (Å²) in [6, 6.07) is 8.95. The Bertz CT molecular complexity index is 724. The largest absolute Gasteiger partial charge is 0.478 e. The fourth-order valence-corrected chi connectivity index (χ4v) is 1.71. The lowest BCUT2D eigenvalue weighted by Crippen LogP contribution is -2.06. The van der Waals surface area contributed by atoms with Gasteiger partial charge in [0.2, 0.25) is 0 Å². The zero-order valence-corrected chi connectivity index (χ0v) is 10.0. The predicted molar refractivity (Wildman–Crippen MR) is 67.8 cm³/mol. The summed E-state index contributed by atoms with van der Waals surface area (Å²) in [5.74, 6) is -2.91. The van der Waals surface area contributed by atoms with Crippen molar-refractivity contribution in [1.29, 1.82) is 5.26 Å². The van der Waals surface area contributed by atoms with Gasteiger partial charge < -0.3 is 10.4 Å². The molecule has 0 radical (unpaired) electrons. The van der Waals surface area contributed by atoms with Gasteiger partial charge in [-0.1, -0.05) is 12.1 Å². The van der Waals surface area contributed by atoms with E-state index in [1.54, 1.807) is 6.07 Å². The van der Waals surface area contributed by atoms with E-state index in [2.05, 4.69) is 5.32 Å². The number of halogens is 2. The Morgan fingerprint density at radius 2 is 1.80 bits per heavy atom. The fourth-order valence-electron chi connectivity index (χ4n) is 1.71. The zero-order valence-electron chi connectivity index (χ0n) is 10.0. The van der Waals surface area contributed by atoms with Crippen LogP contribution < -0.4 is 5.32 Å². The lowest BCUT2D eigenvalue weighted by atomic mass is 10.1. The van der Waals surface area contributed by atoms with Crippen LogP contribution in [0, 0.1) is 23.0 Å². The van der Waals surface area contributed by atoms with Crippen LogP contribution in [-0.2, 0) is 0 Å². The molecule has 100 valence electrons. The maximum Gasteiger partial charge on any atom is 0.337 e. The van der Waals surface area contributed by atoms with Crippen LogP contribution in [-0.4, -0.2) is 11.1 Å². The van der Waals surface area contributed by atoms with Gasteiger partial charge in [-0.15, -0.1) is 0 Å². The van der Waals surface area contributed by atoms with Gasteiger partial charge in [0.15, 0.2) is 0 Å². The number of carboxylic acids is 1. The highest BCUT2D eigenvalue weighted by atomic mass is 19.1. The first-order chi connectivity index (χ1) is 9.54. The Kier molecular flexibility index (Phi) is 3.62. The van der Waals surface area contributed by atoms with Crippen LogP contribution in [0.25, 0.3) is 0 Å². The number of carbonyl (C=O) groups is 1. The molecule has 2 N–H and O–H groups in total. The molecular weight excluding hydrogens is 266 g/mol. The molecule has 2 aromatic rings. The lowest BCUT2D eigenvalue weighted by molar-refractivity contribution is 0.0697. The number of anilines is 2. The van der Waals surface area contributed by atoms with Crippen molar-refractivity contribution in [3.05, 3.63) is 59.2 Å². The third-order valence-electron chi connectivity index (χ3n) is 2.63. The Morgan fingerprint density at radius 3 is 2.45 bits per heavy atom. The smallest absolute Gasteiger partial charge is 0.337 e. The molecular formula is C14H8F2N2O2. The minimum atomic E-state index is -1.33. The first-order valence-corrected chi connectivity index (χ1v) is 5.52. The second kappa shape index (κ2) is 5.36. The van der Waals surface area contributed by atoms with Crippen LogP contribution in [0.15, 0.2) is 36.4 Å². The Balaban J connectivity index is 2.54. The number of nitriles is 1. The topological polar surface area (TPSA) is 73.1 Å². The lowest BCUT2D eigenvalue weighted by Gasteiger charge is -2.12. The van der Waals surface area contributed by atoms with Crippen molar-refractivity contribution >= 4 is 17.3 Å². The van der Waals surface area contributed by atoms with Crippen molar-refractivity contribution in [3.63, 3.8) is 0 Å². The zero-order chi connectivity index (χ0) is 14.7. The van der Waals surface area contributed by atoms with E-state index in [9.17, 15) is 13.6 Å². The van der Waals surface area contributed by atoms with Gasteiger partial charge in [-0.05, 0) is 24.3 Å². The summed E-state index contributed by atoms with van der Waals surface area (Å²) in [4.78, 5) is 11.0. The van der Waals surface area contributed by atoms with Gasteiger partial charge in [0.1, 0.15) is 23.3 Å². The molecule has 0 aromatic heterocycles. The summed E-state index contributed by atoms with van der Waals surface area (Å²) in [5.41, 5.74) is -0.938. The van der Waals surface area contributed by atoms with Crippen molar-refractivity contribution in [2.75, 3.05) is 5.32 Å². The number of hydrogen-bond acceptors (Lipinski definition) is 3. The summed E-state index contributed by atoms with van der Waals surface area (Å²) < 4.78 is 27.2. The molecule has 2 rings (SSSR count). The van der Waals surface area contributed by atoms with E-state index in [4.69, 9.17) is 10.4 Å². The maximum atomic E-state index is 13.7. The van der Waals surface area contributed by atoms with E-state index in [0.29, 0.717) is 0 Å². The first-order valence-electron chi connectivity index (χ1n) is 5.52. The molecule has 0 heterocycles. The van der Waals surface area contributed by atoms with Crippen molar-refractivity contribution in [3.8, 4) is 6.07 Å². The second-order valence-electron chi connectivity index (χ2n) is 3.87. The molecule has 6 heteroatoms. The molecule has 0 unspecified atom stereocenters. The van der Waals surface area contributed by atoms with Gasteiger partial charge in [-0.25, -0.2) is 13.6 Å². The summed E-state index contributed by atoms with van der Waals surface area (Å²) in [6.07, 6.45) is 0. The summed E-state index contributed by atoms with van der Waals surface area (Å²) in [7, 11) is 0. The van der Waals surface area contributed by atoms with Crippen LogP contribution in [0.2, 0.25) is 0 Å². The highest BCUT2D eigenvalue weighted by Gasteiger charge is 2.16. The van der Waals surface area contributed by atoms with Gasteiger partial charge in [-0.3, -0.25) is 0 Å². The normalized spacial score (nSPS) is 9.85. The van der Waals surface area contributed by atoms with Gasteiger partial charge >= 0.3 is 5.97 Å².